The third-order valence-corrected chi connectivity index (χ3v) is 3.46. The van der Waals surface area contributed by atoms with E-state index in [2.05, 4.69) is 5.32 Å². The number of halogens is 5. The number of rotatable bonds is 4. The lowest BCUT2D eigenvalue weighted by Gasteiger charge is -2.38. The molecule has 0 bridgehead atoms. The monoisotopic (exact) mass is 310 g/mol. The largest absolute Gasteiger partial charge is 0.390 e. The Bertz CT molecular complexity index is 506. The minimum atomic E-state index is -3.68. The van der Waals surface area contributed by atoms with Gasteiger partial charge in [0.25, 0.3) is 5.92 Å². The molecule has 2 rings (SSSR count). The molecule has 3 nitrogen and oxygen atoms in total. The molecule has 1 heterocycles. The summed E-state index contributed by atoms with van der Waals surface area (Å²) >= 11 is 0. The number of alkyl halides is 2. The summed E-state index contributed by atoms with van der Waals surface area (Å²) in [6, 6.07) is -1.17. The quantitative estimate of drug-likeness (QED) is 0.656. The van der Waals surface area contributed by atoms with Crippen LogP contribution < -0.4 is 5.32 Å². The fourth-order valence-electron chi connectivity index (χ4n) is 2.47. The molecule has 1 aromatic carbocycles. The molecule has 0 spiro atoms. The highest BCUT2D eigenvalue weighted by Crippen LogP contribution is 2.38. The molecule has 0 aliphatic carbocycles. The van der Waals surface area contributed by atoms with Crippen LogP contribution in [0.15, 0.2) is 12.1 Å². The van der Waals surface area contributed by atoms with Gasteiger partial charge in [-0.2, -0.15) is 0 Å². The average Bonchev–Trinajstić information content (AvgIpc) is 2.45. The zero-order chi connectivity index (χ0) is 15.6. The van der Waals surface area contributed by atoms with Gasteiger partial charge in [0.15, 0.2) is 11.6 Å². The van der Waals surface area contributed by atoms with Crippen LogP contribution in [0.4, 0.5) is 22.0 Å². The molecular formula is C13H15F5N2O. The first-order valence-electron chi connectivity index (χ1n) is 6.44. The van der Waals surface area contributed by atoms with Gasteiger partial charge in [-0.05, 0) is 6.07 Å². The summed E-state index contributed by atoms with van der Waals surface area (Å²) in [7, 11) is 0. The van der Waals surface area contributed by atoms with Crippen LogP contribution in [0.5, 0.6) is 0 Å². The van der Waals surface area contributed by atoms with Crippen molar-refractivity contribution >= 4 is 0 Å². The molecule has 2 N–H and O–H groups in total. The summed E-state index contributed by atoms with van der Waals surface area (Å²) in [5.41, 5.74) is -0.658. The number of hydrogen-bond acceptors (Lipinski definition) is 3. The highest BCUT2D eigenvalue weighted by Gasteiger charge is 2.45. The van der Waals surface area contributed by atoms with Gasteiger partial charge in [0, 0.05) is 37.8 Å². The van der Waals surface area contributed by atoms with Gasteiger partial charge in [-0.25, -0.2) is 22.0 Å². The molecule has 1 aliphatic heterocycles. The van der Waals surface area contributed by atoms with Crippen molar-refractivity contribution in [2.24, 2.45) is 0 Å². The maximum atomic E-state index is 14.0. The van der Waals surface area contributed by atoms with Gasteiger partial charge in [0.1, 0.15) is 18.5 Å². The summed E-state index contributed by atoms with van der Waals surface area (Å²) in [4.78, 5) is 1.25. The van der Waals surface area contributed by atoms with Crippen LogP contribution in [0.3, 0.4) is 0 Å². The van der Waals surface area contributed by atoms with Crippen molar-refractivity contribution in [3.05, 3.63) is 35.1 Å². The second-order valence-corrected chi connectivity index (χ2v) is 4.90. The predicted molar refractivity (Wildman–Crippen MR) is 65.5 cm³/mol. The Morgan fingerprint density at radius 2 is 1.67 bits per heavy atom. The van der Waals surface area contributed by atoms with Crippen LogP contribution in [-0.2, 0) is 0 Å². The first kappa shape index (κ1) is 16.1. The molecule has 8 heteroatoms. The number of nitrogens with one attached hydrogen (secondary N) is 1. The van der Waals surface area contributed by atoms with E-state index < -0.39 is 41.6 Å². The fraction of sp³-hybridized carbons (Fsp3) is 0.538. The van der Waals surface area contributed by atoms with Gasteiger partial charge < -0.3 is 10.4 Å². The molecule has 0 aromatic heterocycles. The Kier molecular flexibility index (Phi) is 4.80. The molecule has 21 heavy (non-hydrogen) atoms. The van der Waals surface area contributed by atoms with E-state index in [0.29, 0.717) is 19.2 Å². The molecule has 0 amide bonds. The van der Waals surface area contributed by atoms with Crippen molar-refractivity contribution in [1.29, 1.82) is 0 Å². The third-order valence-electron chi connectivity index (χ3n) is 3.46. The number of hydrogen-bond donors (Lipinski definition) is 2. The van der Waals surface area contributed by atoms with E-state index >= 15 is 0 Å². The predicted octanol–water partition coefficient (Wildman–Crippen LogP) is 1.68. The molecule has 1 fully saturated rings. The van der Waals surface area contributed by atoms with Gasteiger partial charge in [-0.15, -0.1) is 0 Å². The van der Waals surface area contributed by atoms with Crippen molar-refractivity contribution in [3.63, 3.8) is 0 Å². The van der Waals surface area contributed by atoms with Gasteiger partial charge >= 0.3 is 0 Å². The number of benzene rings is 1. The maximum absolute atomic E-state index is 14.0. The fourth-order valence-corrected chi connectivity index (χ4v) is 2.47. The van der Waals surface area contributed by atoms with Crippen LogP contribution in [0.2, 0.25) is 0 Å². The number of piperazine rings is 1. The number of nitrogens with zero attached hydrogens (tertiary/aromatic N) is 1. The Morgan fingerprint density at radius 1 is 1.10 bits per heavy atom. The minimum Gasteiger partial charge on any atom is -0.390 e. The van der Waals surface area contributed by atoms with E-state index in [0.717, 1.165) is 0 Å². The van der Waals surface area contributed by atoms with E-state index in [-0.39, 0.29) is 19.2 Å². The first-order chi connectivity index (χ1) is 9.86. The summed E-state index contributed by atoms with van der Waals surface area (Å²) in [5.74, 6) is -7.78. The second kappa shape index (κ2) is 6.25. The van der Waals surface area contributed by atoms with Crippen molar-refractivity contribution in [2.75, 3.05) is 32.8 Å². The van der Waals surface area contributed by atoms with Crippen molar-refractivity contribution < 1.29 is 27.1 Å². The molecular weight excluding hydrogens is 295 g/mol. The molecule has 118 valence electrons. The van der Waals surface area contributed by atoms with Crippen LogP contribution in [0.1, 0.15) is 11.6 Å². The van der Waals surface area contributed by atoms with E-state index in [9.17, 15) is 22.0 Å². The van der Waals surface area contributed by atoms with Crippen LogP contribution in [0.25, 0.3) is 0 Å². The van der Waals surface area contributed by atoms with Crippen LogP contribution >= 0.6 is 0 Å². The summed E-state index contributed by atoms with van der Waals surface area (Å²) < 4.78 is 68.1. The van der Waals surface area contributed by atoms with E-state index in [1.807, 2.05) is 0 Å². The molecule has 1 saturated heterocycles. The maximum Gasteiger partial charge on any atom is 0.290 e. The highest BCUT2D eigenvalue weighted by molar-refractivity contribution is 5.26. The van der Waals surface area contributed by atoms with E-state index in [1.165, 1.54) is 4.90 Å². The van der Waals surface area contributed by atoms with Gasteiger partial charge in [-0.1, -0.05) is 0 Å². The van der Waals surface area contributed by atoms with E-state index in [1.54, 1.807) is 0 Å². The van der Waals surface area contributed by atoms with Gasteiger partial charge in [0.2, 0.25) is 0 Å². The highest BCUT2D eigenvalue weighted by atomic mass is 19.3. The standard InChI is InChI=1S/C13H15F5N2O/c14-9-6-11(16)10(15)5-8(9)12(13(17,18)7-21)20-3-1-19-2-4-20/h5-6,12,19,21H,1-4,7H2/t12-/m1/s1. The van der Waals surface area contributed by atoms with Crippen molar-refractivity contribution in [1.82, 2.24) is 10.2 Å². The van der Waals surface area contributed by atoms with Crippen LogP contribution in [-0.4, -0.2) is 48.7 Å². The second-order valence-electron chi connectivity index (χ2n) is 4.90. The normalized spacial score (nSPS) is 18.8. The van der Waals surface area contributed by atoms with Crippen molar-refractivity contribution in [3.8, 4) is 0 Å². The number of aliphatic hydroxyl groups excluding tert-OH is 1. The van der Waals surface area contributed by atoms with E-state index in [4.69, 9.17) is 5.11 Å². The Morgan fingerprint density at radius 3 is 2.24 bits per heavy atom. The smallest absolute Gasteiger partial charge is 0.290 e. The molecule has 0 saturated carbocycles. The zero-order valence-corrected chi connectivity index (χ0v) is 11.1. The molecule has 1 atom stereocenters. The SMILES string of the molecule is OCC(F)(F)[C@@H](c1cc(F)c(F)cc1F)N1CCNCC1. The van der Waals surface area contributed by atoms with Gasteiger partial charge in [0.05, 0.1) is 0 Å². The summed E-state index contributed by atoms with van der Waals surface area (Å²) in [6.45, 7) is -0.343. The Balaban J connectivity index is 2.46. The Labute approximate surface area is 118 Å². The molecule has 0 radical (unpaired) electrons. The lowest BCUT2D eigenvalue weighted by atomic mass is 9.97. The number of aliphatic hydroxyl groups is 1. The lowest BCUT2D eigenvalue weighted by Crippen LogP contribution is -2.51. The first-order valence-corrected chi connectivity index (χ1v) is 6.44. The van der Waals surface area contributed by atoms with Crippen molar-refractivity contribution in [2.45, 2.75) is 12.0 Å². The van der Waals surface area contributed by atoms with Crippen LogP contribution in [0, 0.1) is 17.5 Å². The lowest BCUT2D eigenvalue weighted by molar-refractivity contribution is -0.119. The minimum absolute atomic E-state index is 0.179. The zero-order valence-electron chi connectivity index (χ0n) is 11.1. The molecule has 1 aliphatic rings. The Hall–Kier alpha value is -1.25. The summed E-state index contributed by atoms with van der Waals surface area (Å²) in [6.07, 6.45) is 0. The summed E-state index contributed by atoms with van der Waals surface area (Å²) in [5, 5.41) is 11.8. The topological polar surface area (TPSA) is 35.5 Å². The average molecular weight is 310 g/mol. The third kappa shape index (κ3) is 3.33. The molecule has 0 unspecified atom stereocenters. The molecule has 1 aromatic rings. The van der Waals surface area contributed by atoms with Gasteiger partial charge in [-0.3, -0.25) is 4.90 Å².